The van der Waals surface area contributed by atoms with E-state index in [4.69, 9.17) is 5.11 Å². The van der Waals surface area contributed by atoms with Gasteiger partial charge in [-0.05, 0) is 37.3 Å². The highest BCUT2D eigenvalue weighted by Crippen LogP contribution is 2.33. The Hall–Kier alpha value is -3.35. The molecule has 23 heavy (non-hydrogen) atoms. The molecule has 7 nitrogen and oxygen atoms in total. The highest BCUT2D eigenvalue weighted by atomic mass is 16.4. The number of hydrogen-bond acceptors (Lipinski definition) is 6. The summed E-state index contributed by atoms with van der Waals surface area (Å²) >= 11 is 0. The van der Waals surface area contributed by atoms with Crippen molar-refractivity contribution in [3.05, 3.63) is 53.9 Å². The van der Waals surface area contributed by atoms with Gasteiger partial charge in [0, 0.05) is 11.6 Å². The first-order chi connectivity index (χ1) is 11.1. The smallest absolute Gasteiger partial charge is 0.337 e. The molecule has 0 saturated carbocycles. The molecule has 1 aromatic carbocycles. The number of azo groups is 1. The van der Waals surface area contributed by atoms with Crippen LogP contribution in [0.2, 0.25) is 0 Å². The molecule has 0 aliphatic heterocycles. The number of benzene rings is 1. The molecular weight excluding hydrogens is 296 g/mol. The first kappa shape index (κ1) is 14.6. The number of aromatic nitrogens is 2. The molecule has 2 heterocycles. The first-order valence-corrected chi connectivity index (χ1v) is 6.75. The number of rotatable bonds is 3. The zero-order chi connectivity index (χ0) is 16.4. The van der Waals surface area contributed by atoms with Crippen molar-refractivity contribution in [1.29, 1.82) is 0 Å². The minimum Gasteiger partial charge on any atom is -0.507 e. The molecule has 0 fully saturated rings. The van der Waals surface area contributed by atoms with Crippen LogP contribution in [0.4, 0.5) is 11.5 Å². The van der Waals surface area contributed by atoms with Crippen molar-refractivity contribution in [3.8, 4) is 5.75 Å². The zero-order valence-electron chi connectivity index (χ0n) is 12.1. The van der Waals surface area contributed by atoms with Gasteiger partial charge < -0.3 is 10.2 Å². The van der Waals surface area contributed by atoms with Gasteiger partial charge in [-0.25, -0.2) is 14.8 Å². The van der Waals surface area contributed by atoms with Crippen LogP contribution in [-0.2, 0) is 0 Å². The van der Waals surface area contributed by atoms with Gasteiger partial charge in [0.2, 0.25) is 0 Å². The fraction of sp³-hybridized carbons (Fsp3) is 0.0625. The van der Waals surface area contributed by atoms with E-state index in [9.17, 15) is 9.90 Å². The van der Waals surface area contributed by atoms with E-state index >= 15 is 0 Å². The van der Waals surface area contributed by atoms with Crippen LogP contribution in [0.5, 0.6) is 5.75 Å². The second-order valence-corrected chi connectivity index (χ2v) is 4.81. The zero-order valence-corrected chi connectivity index (χ0v) is 12.1. The highest BCUT2D eigenvalue weighted by molar-refractivity contribution is 5.99. The molecule has 0 aliphatic rings. The Labute approximate surface area is 131 Å². The highest BCUT2D eigenvalue weighted by Gasteiger charge is 2.14. The van der Waals surface area contributed by atoms with Crippen LogP contribution in [0.25, 0.3) is 10.9 Å². The lowest BCUT2D eigenvalue weighted by atomic mass is 10.1. The molecule has 2 N–H and O–H groups in total. The Bertz CT molecular complexity index is 924. The minimum absolute atomic E-state index is 0.0339. The maximum Gasteiger partial charge on any atom is 0.337 e. The SMILES string of the molecule is Cc1nc2c(N=Nc3ccccn3)ccc(O)c2cc1C(=O)O. The molecule has 0 aliphatic carbocycles. The fourth-order valence-electron chi connectivity index (χ4n) is 2.14. The van der Waals surface area contributed by atoms with Crippen LogP contribution in [0.1, 0.15) is 16.1 Å². The van der Waals surface area contributed by atoms with Gasteiger partial charge in [0.15, 0.2) is 5.82 Å². The number of carbonyl (C=O) groups is 1. The number of hydrogen-bond donors (Lipinski definition) is 2. The van der Waals surface area contributed by atoms with Gasteiger partial charge in [-0.3, -0.25) is 0 Å². The molecule has 0 unspecified atom stereocenters. The lowest BCUT2D eigenvalue weighted by Crippen LogP contribution is -2.02. The van der Waals surface area contributed by atoms with Crippen LogP contribution in [0.15, 0.2) is 52.8 Å². The van der Waals surface area contributed by atoms with E-state index < -0.39 is 5.97 Å². The number of aromatic carboxylic acids is 1. The van der Waals surface area contributed by atoms with Gasteiger partial charge >= 0.3 is 5.97 Å². The Morgan fingerprint density at radius 2 is 2.00 bits per heavy atom. The second-order valence-electron chi connectivity index (χ2n) is 4.81. The molecule has 3 aromatic rings. The van der Waals surface area contributed by atoms with E-state index in [0.29, 0.717) is 28.1 Å². The topological polar surface area (TPSA) is 108 Å². The number of nitrogens with zero attached hydrogens (tertiary/aromatic N) is 4. The molecular formula is C16H12N4O3. The molecule has 0 radical (unpaired) electrons. The summed E-state index contributed by atoms with van der Waals surface area (Å²) in [5, 5.41) is 27.6. The Kier molecular flexibility index (Phi) is 3.68. The summed E-state index contributed by atoms with van der Waals surface area (Å²) in [5.74, 6) is -0.726. The molecule has 7 heteroatoms. The predicted octanol–water partition coefficient (Wildman–Crippen LogP) is 3.76. The van der Waals surface area contributed by atoms with Crippen molar-refractivity contribution in [2.75, 3.05) is 0 Å². The number of fused-ring (bicyclic) bond motifs is 1. The lowest BCUT2D eigenvalue weighted by Gasteiger charge is -2.07. The van der Waals surface area contributed by atoms with E-state index in [1.165, 1.54) is 12.1 Å². The summed E-state index contributed by atoms with van der Waals surface area (Å²) < 4.78 is 0. The van der Waals surface area contributed by atoms with Crippen molar-refractivity contribution in [2.24, 2.45) is 10.2 Å². The van der Waals surface area contributed by atoms with E-state index in [1.54, 1.807) is 37.4 Å². The number of phenolic OH excluding ortho intramolecular Hbond substituents is 1. The monoisotopic (exact) mass is 308 g/mol. The molecule has 0 saturated heterocycles. The Balaban J connectivity index is 2.15. The molecule has 3 rings (SSSR count). The Morgan fingerprint density at radius 1 is 1.17 bits per heavy atom. The molecule has 0 atom stereocenters. The maximum absolute atomic E-state index is 11.2. The number of pyridine rings is 2. The molecule has 0 amide bonds. The third-order valence-electron chi connectivity index (χ3n) is 3.27. The summed E-state index contributed by atoms with van der Waals surface area (Å²) in [6, 6.07) is 9.64. The van der Waals surface area contributed by atoms with Gasteiger partial charge in [0.1, 0.15) is 17.0 Å². The summed E-state index contributed by atoms with van der Waals surface area (Å²) in [6.07, 6.45) is 1.60. The summed E-state index contributed by atoms with van der Waals surface area (Å²) in [4.78, 5) is 19.5. The van der Waals surface area contributed by atoms with Gasteiger partial charge in [-0.15, -0.1) is 10.2 Å². The summed E-state index contributed by atoms with van der Waals surface area (Å²) in [5.41, 5.74) is 1.17. The molecule has 114 valence electrons. The van der Waals surface area contributed by atoms with Gasteiger partial charge in [0.05, 0.1) is 11.3 Å². The third kappa shape index (κ3) is 2.84. The molecule has 0 bridgehead atoms. The van der Waals surface area contributed by atoms with Crippen molar-refractivity contribution >= 4 is 28.4 Å². The van der Waals surface area contributed by atoms with E-state index in [1.807, 2.05) is 0 Å². The van der Waals surface area contributed by atoms with Crippen molar-refractivity contribution in [1.82, 2.24) is 9.97 Å². The fourth-order valence-corrected chi connectivity index (χ4v) is 2.14. The van der Waals surface area contributed by atoms with Gasteiger partial charge in [-0.1, -0.05) is 6.07 Å². The average molecular weight is 308 g/mol. The van der Waals surface area contributed by atoms with Crippen molar-refractivity contribution < 1.29 is 15.0 Å². The normalized spacial score (nSPS) is 11.2. The number of aryl methyl sites for hydroxylation is 1. The molecule has 0 spiro atoms. The average Bonchev–Trinajstić information content (AvgIpc) is 2.54. The maximum atomic E-state index is 11.2. The van der Waals surface area contributed by atoms with Gasteiger partial charge in [0.25, 0.3) is 0 Å². The van der Waals surface area contributed by atoms with Crippen molar-refractivity contribution in [2.45, 2.75) is 6.92 Å². The van der Waals surface area contributed by atoms with Crippen LogP contribution in [0, 0.1) is 6.92 Å². The summed E-state index contributed by atoms with van der Waals surface area (Å²) in [6.45, 7) is 1.59. The van der Waals surface area contributed by atoms with Crippen LogP contribution >= 0.6 is 0 Å². The standard InChI is InChI=1S/C16H12N4O3/c1-9-10(16(22)23)8-11-13(21)6-5-12(15(11)18-9)19-20-14-4-2-3-7-17-14/h2-8,21H,1H3,(H,22,23). The second kappa shape index (κ2) is 5.80. The number of carboxylic acids is 1. The van der Waals surface area contributed by atoms with E-state index in [2.05, 4.69) is 20.2 Å². The molecule has 2 aromatic heterocycles. The first-order valence-electron chi connectivity index (χ1n) is 6.75. The quantitative estimate of drug-likeness (QED) is 0.716. The van der Waals surface area contributed by atoms with Crippen LogP contribution in [0.3, 0.4) is 0 Å². The number of carboxylic acid groups (broad SMARTS) is 1. The van der Waals surface area contributed by atoms with Gasteiger partial charge in [-0.2, -0.15) is 0 Å². The van der Waals surface area contributed by atoms with E-state index in [-0.39, 0.29) is 11.3 Å². The van der Waals surface area contributed by atoms with Crippen LogP contribution < -0.4 is 0 Å². The predicted molar refractivity (Wildman–Crippen MR) is 83.5 cm³/mol. The Morgan fingerprint density at radius 3 is 2.70 bits per heavy atom. The van der Waals surface area contributed by atoms with Crippen molar-refractivity contribution in [3.63, 3.8) is 0 Å². The van der Waals surface area contributed by atoms with E-state index in [0.717, 1.165) is 0 Å². The largest absolute Gasteiger partial charge is 0.507 e. The minimum atomic E-state index is -1.10. The number of aromatic hydroxyl groups is 1. The summed E-state index contributed by atoms with van der Waals surface area (Å²) in [7, 11) is 0. The van der Waals surface area contributed by atoms with Crippen LogP contribution in [-0.4, -0.2) is 26.2 Å². The third-order valence-corrected chi connectivity index (χ3v) is 3.27. The number of phenols is 1. The lowest BCUT2D eigenvalue weighted by molar-refractivity contribution is 0.0696.